The monoisotopic (exact) mass is 275 g/mol. The Morgan fingerprint density at radius 1 is 1.35 bits per heavy atom. The van der Waals surface area contributed by atoms with Gasteiger partial charge in [0.05, 0.1) is 6.61 Å². The van der Waals surface area contributed by atoms with Crippen molar-refractivity contribution in [3.63, 3.8) is 0 Å². The summed E-state index contributed by atoms with van der Waals surface area (Å²) in [6.07, 6.45) is 0. The van der Waals surface area contributed by atoms with Gasteiger partial charge in [0.15, 0.2) is 0 Å². The van der Waals surface area contributed by atoms with Crippen LogP contribution in [0.2, 0.25) is 5.02 Å². The zero-order valence-electron chi connectivity index (χ0n) is 10.5. The smallest absolute Gasteiger partial charge is 0.0637 e. The highest BCUT2D eigenvalue weighted by Crippen LogP contribution is 2.27. The number of rotatable bonds is 6. The Bertz CT molecular complexity index is 355. The van der Waals surface area contributed by atoms with Crippen LogP contribution in [0.5, 0.6) is 0 Å². The fourth-order valence-electron chi connectivity index (χ4n) is 1.79. The van der Waals surface area contributed by atoms with Crippen molar-refractivity contribution in [2.75, 3.05) is 25.2 Å². The van der Waals surface area contributed by atoms with E-state index >= 15 is 0 Å². The zero-order valence-corrected chi connectivity index (χ0v) is 12.1. The minimum Gasteiger partial charge on any atom is -0.383 e. The van der Waals surface area contributed by atoms with Crippen LogP contribution in [0.3, 0.4) is 0 Å². The van der Waals surface area contributed by atoms with Gasteiger partial charge in [-0.3, -0.25) is 0 Å². The molecule has 4 heteroatoms. The van der Waals surface area contributed by atoms with Crippen molar-refractivity contribution in [2.45, 2.75) is 25.8 Å². The van der Waals surface area contributed by atoms with Gasteiger partial charge in [0.1, 0.15) is 0 Å². The highest BCUT2D eigenvalue weighted by molar-refractivity contribution is 6.30. The van der Waals surface area contributed by atoms with E-state index in [0.29, 0.717) is 18.5 Å². The van der Waals surface area contributed by atoms with E-state index in [0.717, 1.165) is 22.8 Å². The normalized spacial score (nSPS) is 10.9. The molecule has 0 atom stereocenters. The van der Waals surface area contributed by atoms with Crippen LogP contribution in [-0.4, -0.2) is 26.3 Å². The average Bonchev–Trinajstić information content (AvgIpc) is 2.30. The summed E-state index contributed by atoms with van der Waals surface area (Å²) < 4.78 is 5.14. The molecule has 1 aromatic carbocycles. The van der Waals surface area contributed by atoms with Crippen molar-refractivity contribution in [1.29, 1.82) is 0 Å². The van der Waals surface area contributed by atoms with Crippen molar-refractivity contribution in [3.8, 4) is 0 Å². The fourth-order valence-corrected chi connectivity index (χ4v) is 2.20. The Morgan fingerprint density at radius 3 is 2.59 bits per heavy atom. The predicted molar refractivity (Wildman–Crippen MR) is 75.4 cm³/mol. The molecule has 0 aliphatic heterocycles. The van der Waals surface area contributed by atoms with E-state index in [1.54, 1.807) is 7.11 Å². The molecule has 0 aliphatic carbocycles. The maximum Gasteiger partial charge on any atom is 0.0637 e. The lowest BCUT2D eigenvalue weighted by Gasteiger charge is -2.30. The van der Waals surface area contributed by atoms with E-state index in [-0.39, 0.29) is 0 Å². The molecule has 0 fully saturated rings. The van der Waals surface area contributed by atoms with Gasteiger partial charge in [-0.25, -0.2) is 0 Å². The summed E-state index contributed by atoms with van der Waals surface area (Å²) in [5.74, 6) is 0.464. The molecule has 0 radical (unpaired) electrons. The first-order chi connectivity index (χ1) is 8.10. The van der Waals surface area contributed by atoms with Gasteiger partial charge in [0, 0.05) is 36.3 Å². The van der Waals surface area contributed by atoms with Gasteiger partial charge < -0.3 is 9.64 Å². The second kappa shape index (κ2) is 7.10. The quantitative estimate of drug-likeness (QED) is 0.730. The summed E-state index contributed by atoms with van der Waals surface area (Å²) in [4.78, 5) is 2.28. The molecule has 1 aromatic rings. The molecule has 0 heterocycles. The third kappa shape index (κ3) is 4.06. The molecule has 0 spiro atoms. The van der Waals surface area contributed by atoms with Crippen LogP contribution in [0.1, 0.15) is 19.4 Å². The number of hydrogen-bond donors (Lipinski definition) is 0. The molecular weight excluding hydrogens is 257 g/mol. The highest BCUT2D eigenvalue weighted by atomic mass is 35.5. The Morgan fingerprint density at radius 2 is 2.06 bits per heavy atom. The van der Waals surface area contributed by atoms with Crippen molar-refractivity contribution >= 4 is 28.9 Å². The molecule has 0 bridgehead atoms. The first kappa shape index (κ1) is 14.6. The van der Waals surface area contributed by atoms with Crippen LogP contribution in [0.4, 0.5) is 5.69 Å². The van der Waals surface area contributed by atoms with Gasteiger partial charge >= 0.3 is 0 Å². The zero-order chi connectivity index (χ0) is 12.8. The molecule has 0 aliphatic rings. The molecule has 2 nitrogen and oxygen atoms in total. The van der Waals surface area contributed by atoms with Gasteiger partial charge in [0.25, 0.3) is 0 Å². The van der Waals surface area contributed by atoms with Crippen LogP contribution < -0.4 is 4.90 Å². The summed E-state index contributed by atoms with van der Waals surface area (Å²) >= 11 is 12.0. The average molecular weight is 276 g/mol. The standard InChI is InChI=1S/C13H19Cl2NO/c1-10(2)16(6-7-17-3)13-5-4-12(15)8-11(13)9-14/h4-5,8,10H,6-7,9H2,1-3H3. The lowest BCUT2D eigenvalue weighted by Crippen LogP contribution is -2.34. The van der Waals surface area contributed by atoms with Crippen molar-refractivity contribution in [3.05, 3.63) is 28.8 Å². The van der Waals surface area contributed by atoms with Crippen LogP contribution >= 0.6 is 23.2 Å². The summed E-state index contributed by atoms with van der Waals surface area (Å²) in [6, 6.07) is 6.24. The second-order valence-corrected chi connectivity index (χ2v) is 4.89. The van der Waals surface area contributed by atoms with Crippen molar-refractivity contribution in [1.82, 2.24) is 0 Å². The van der Waals surface area contributed by atoms with E-state index in [4.69, 9.17) is 27.9 Å². The first-order valence-electron chi connectivity index (χ1n) is 5.70. The summed E-state index contributed by atoms with van der Waals surface area (Å²) in [6.45, 7) is 5.85. The SMILES string of the molecule is COCCN(c1ccc(Cl)cc1CCl)C(C)C. The number of halogens is 2. The number of methoxy groups -OCH3 is 1. The van der Waals surface area contributed by atoms with E-state index in [1.165, 1.54) is 0 Å². The highest BCUT2D eigenvalue weighted by Gasteiger charge is 2.14. The predicted octanol–water partition coefficient (Wildman–Crippen LogP) is 3.94. The number of anilines is 1. The summed E-state index contributed by atoms with van der Waals surface area (Å²) in [5.41, 5.74) is 2.19. The van der Waals surface area contributed by atoms with Crippen LogP contribution in [0.25, 0.3) is 0 Å². The maximum atomic E-state index is 5.98. The number of ether oxygens (including phenoxy) is 1. The summed E-state index contributed by atoms with van der Waals surface area (Å²) in [7, 11) is 1.71. The van der Waals surface area contributed by atoms with Crippen LogP contribution in [0, 0.1) is 0 Å². The molecule has 0 saturated carbocycles. The largest absolute Gasteiger partial charge is 0.383 e. The fraction of sp³-hybridized carbons (Fsp3) is 0.538. The van der Waals surface area contributed by atoms with Crippen molar-refractivity contribution < 1.29 is 4.74 Å². The van der Waals surface area contributed by atoms with Gasteiger partial charge in [-0.1, -0.05) is 11.6 Å². The molecule has 0 amide bonds. The lowest BCUT2D eigenvalue weighted by molar-refractivity contribution is 0.204. The maximum absolute atomic E-state index is 5.98. The van der Waals surface area contributed by atoms with Crippen molar-refractivity contribution in [2.24, 2.45) is 0 Å². The van der Waals surface area contributed by atoms with Crippen LogP contribution in [0.15, 0.2) is 18.2 Å². The third-order valence-corrected chi connectivity index (χ3v) is 3.18. The Kier molecular flexibility index (Phi) is 6.10. The molecule has 17 heavy (non-hydrogen) atoms. The Labute approximate surface area is 113 Å². The van der Waals surface area contributed by atoms with E-state index < -0.39 is 0 Å². The third-order valence-electron chi connectivity index (χ3n) is 2.65. The number of benzene rings is 1. The molecule has 0 saturated heterocycles. The number of nitrogens with zero attached hydrogens (tertiary/aromatic N) is 1. The molecular formula is C13H19Cl2NO. The number of alkyl halides is 1. The summed E-state index contributed by atoms with van der Waals surface area (Å²) in [5, 5.41) is 0.722. The topological polar surface area (TPSA) is 12.5 Å². The minimum atomic E-state index is 0.397. The molecule has 0 N–H and O–H groups in total. The second-order valence-electron chi connectivity index (χ2n) is 4.19. The molecule has 1 rings (SSSR count). The Balaban J connectivity index is 3.00. The minimum absolute atomic E-state index is 0.397. The van der Waals surface area contributed by atoms with E-state index in [2.05, 4.69) is 18.7 Å². The lowest BCUT2D eigenvalue weighted by atomic mass is 10.1. The van der Waals surface area contributed by atoms with E-state index in [9.17, 15) is 0 Å². The van der Waals surface area contributed by atoms with E-state index in [1.807, 2.05) is 18.2 Å². The van der Waals surface area contributed by atoms with Gasteiger partial charge in [-0.05, 0) is 37.6 Å². The van der Waals surface area contributed by atoms with Gasteiger partial charge in [-0.2, -0.15) is 0 Å². The van der Waals surface area contributed by atoms with Crippen LogP contribution in [-0.2, 0) is 10.6 Å². The molecule has 96 valence electrons. The molecule has 0 unspecified atom stereocenters. The number of hydrogen-bond acceptors (Lipinski definition) is 2. The molecule has 0 aromatic heterocycles. The van der Waals surface area contributed by atoms with Gasteiger partial charge in [0.2, 0.25) is 0 Å². The first-order valence-corrected chi connectivity index (χ1v) is 6.61. The van der Waals surface area contributed by atoms with Gasteiger partial charge in [-0.15, -0.1) is 11.6 Å². The Hall–Kier alpha value is -0.440.